The van der Waals surface area contributed by atoms with Crippen LogP contribution in [0.2, 0.25) is 5.02 Å². The van der Waals surface area contributed by atoms with Crippen molar-refractivity contribution >= 4 is 11.6 Å². The Balaban J connectivity index is 2.81. The molecule has 0 bridgehead atoms. The zero-order chi connectivity index (χ0) is 11.4. The van der Waals surface area contributed by atoms with E-state index in [-0.39, 0.29) is 23.8 Å². The zero-order valence-corrected chi connectivity index (χ0v) is 8.72. The summed E-state index contributed by atoms with van der Waals surface area (Å²) in [4.78, 5) is 0. The van der Waals surface area contributed by atoms with Gasteiger partial charge in [-0.3, -0.25) is 0 Å². The second-order valence-corrected chi connectivity index (χ2v) is 3.64. The smallest absolute Gasteiger partial charge is 0.134 e. The van der Waals surface area contributed by atoms with Gasteiger partial charge in [0.1, 0.15) is 11.9 Å². The molecular formula is C10H13ClO4. The highest BCUT2D eigenvalue weighted by Crippen LogP contribution is 2.28. The molecule has 4 nitrogen and oxygen atoms in total. The number of halogens is 1. The van der Waals surface area contributed by atoms with Crippen LogP contribution >= 0.6 is 11.6 Å². The standard InChI is InChI=1S/C10H13ClO4/c11-7-2-1-6(5-9(7)14)10(15)8(13)3-4-12/h1-2,5,8,10,12-15H,3-4H2. The fourth-order valence-electron chi connectivity index (χ4n) is 1.23. The van der Waals surface area contributed by atoms with Gasteiger partial charge in [-0.2, -0.15) is 0 Å². The molecule has 0 saturated carbocycles. The zero-order valence-electron chi connectivity index (χ0n) is 7.97. The van der Waals surface area contributed by atoms with E-state index in [1.54, 1.807) is 0 Å². The van der Waals surface area contributed by atoms with Gasteiger partial charge in [0.05, 0.1) is 11.1 Å². The van der Waals surface area contributed by atoms with Crippen molar-refractivity contribution in [3.63, 3.8) is 0 Å². The number of hydrogen-bond donors (Lipinski definition) is 4. The minimum absolute atomic E-state index is 0.0740. The summed E-state index contributed by atoms with van der Waals surface area (Å²) in [5.74, 6) is -0.149. The van der Waals surface area contributed by atoms with E-state index in [9.17, 15) is 15.3 Å². The van der Waals surface area contributed by atoms with Crippen LogP contribution in [0.3, 0.4) is 0 Å². The summed E-state index contributed by atoms with van der Waals surface area (Å²) in [5, 5.41) is 37.1. The predicted octanol–water partition coefficient (Wildman–Crippen LogP) is 0.822. The highest BCUT2D eigenvalue weighted by atomic mass is 35.5. The van der Waals surface area contributed by atoms with Crippen LogP contribution in [-0.4, -0.2) is 33.1 Å². The molecule has 2 unspecified atom stereocenters. The third-order valence-corrected chi connectivity index (χ3v) is 2.42. The molecule has 15 heavy (non-hydrogen) atoms. The fraction of sp³-hybridized carbons (Fsp3) is 0.400. The summed E-state index contributed by atoms with van der Waals surface area (Å²) < 4.78 is 0. The van der Waals surface area contributed by atoms with E-state index >= 15 is 0 Å². The number of aliphatic hydroxyl groups excluding tert-OH is 3. The summed E-state index contributed by atoms with van der Waals surface area (Å²) in [6.45, 7) is -0.211. The summed E-state index contributed by atoms with van der Waals surface area (Å²) in [7, 11) is 0. The quantitative estimate of drug-likeness (QED) is 0.620. The second-order valence-electron chi connectivity index (χ2n) is 3.24. The van der Waals surface area contributed by atoms with E-state index < -0.39 is 12.2 Å². The first-order valence-corrected chi connectivity index (χ1v) is 4.89. The maximum atomic E-state index is 9.62. The summed E-state index contributed by atoms with van der Waals surface area (Å²) in [5.41, 5.74) is 0.359. The molecule has 1 aromatic rings. The number of aliphatic hydroxyl groups is 3. The molecular weight excluding hydrogens is 220 g/mol. The number of hydrogen-bond acceptors (Lipinski definition) is 4. The van der Waals surface area contributed by atoms with Gasteiger partial charge in [0, 0.05) is 6.61 Å². The third-order valence-electron chi connectivity index (χ3n) is 2.10. The van der Waals surface area contributed by atoms with Crippen molar-refractivity contribution in [2.45, 2.75) is 18.6 Å². The Kier molecular flexibility index (Phi) is 4.35. The molecule has 2 atom stereocenters. The van der Waals surface area contributed by atoms with Crippen LogP contribution in [-0.2, 0) is 0 Å². The van der Waals surface area contributed by atoms with Crippen LogP contribution < -0.4 is 0 Å². The molecule has 4 N–H and O–H groups in total. The van der Waals surface area contributed by atoms with Crippen molar-refractivity contribution in [1.82, 2.24) is 0 Å². The Labute approximate surface area is 92.4 Å². The SMILES string of the molecule is OCCC(O)C(O)c1ccc(Cl)c(O)c1. The summed E-state index contributed by atoms with van der Waals surface area (Å²) in [6.07, 6.45) is -2.12. The van der Waals surface area contributed by atoms with E-state index in [1.807, 2.05) is 0 Å². The maximum absolute atomic E-state index is 9.62. The Hall–Kier alpha value is -0.810. The molecule has 0 aliphatic carbocycles. The molecule has 1 aromatic carbocycles. The van der Waals surface area contributed by atoms with Crippen LogP contribution in [0.1, 0.15) is 18.1 Å². The Bertz CT molecular complexity index is 329. The summed E-state index contributed by atoms with van der Waals surface area (Å²) >= 11 is 5.59. The van der Waals surface area contributed by atoms with Crippen molar-refractivity contribution < 1.29 is 20.4 Å². The minimum atomic E-state index is -1.14. The van der Waals surface area contributed by atoms with Gasteiger partial charge in [0.25, 0.3) is 0 Å². The van der Waals surface area contributed by atoms with Crippen molar-refractivity contribution in [3.05, 3.63) is 28.8 Å². The minimum Gasteiger partial charge on any atom is -0.506 e. The van der Waals surface area contributed by atoms with E-state index in [1.165, 1.54) is 18.2 Å². The maximum Gasteiger partial charge on any atom is 0.134 e. The Morgan fingerprint density at radius 2 is 1.93 bits per heavy atom. The molecule has 1 rings (SSSR count). The van der Waals surface area contributed by atoms with Gasteiger partial charge >= 0.3 is 0 Å². The predicted molar refractivity (Wildman–Crippen MR) is 55.8 cm³/mol. The van der Waals surface area contributed by atoms with Crippen molar-refractivity contribution in [2.24, 2.45) is 0 Å². The van der Waals surface area contributed by atoms with E-state index in [0.717, 1.165) is 0 Å². The van der Waals surface area contributed by atoms with Crippen molar-refractivity contribution in [1.29, 1.82) is 0 Å². The molecule has 0 fully saturated rings. The normalized spacial score (nSPS) is 14.9. The second kappa shape index (κ2) is 5.32. The van der Waals surface area contributed by atoms with Gasteiger partial charge < -0.3 is 20.4 Å². The lowest BCUT2D eigenvalue weighted by molar-refractivity contribution is 0.00414. The van der Waals surface area contributed by atoms with Crippen LogP contribution in [0.25, 0.3) is 0 Å². The molecule has 0 amide bonds. The molecule has 0 heterocycles. The fourth-order valence-corrected chi connectivity index (χ4v) is 1.34. The van der Waals surface area contributed by atoms with Gasteiger partial charge in [-0.1, -0.05) is 17.7 Å². The van der Waals surface area contributed by atoms with Crippen LogP contribution in [0, 0.1) is 0 Å². The first-order valence-electron chi connectivity index (χ1n) is 4.51. The molecule has 0 saturated heterocycles. The van der Waals surface area contributed by atoms with Crippen LogP contribution in [0.15, 0.2) is 18.2 Å². The average molecular weight is 233 g/mol. The van der Waals surface area contributed by atoms with Crippen molar-refractivity contribution in [2.75, 3.05) is 6.61 Å². The average Bonchev–Trinajstić information content (AvgIpc) is 2.21. The van der Waals surface area contributed by atoms with Gasteiger partial charge in [-0.05, 0) is 24.1 Å². The van der Waals surface area contributed by atoms with E-state index in [4.69, 9.17) is 16.7 Å². The molecule has 0 aliphatic rings. The number of phenols is 1. The molecule has 0 spiro atoms. The first kappa shape index (κ1) is 12.3. The highest BCUT2D eigenvalue weighted by Gasteiger charge is 2.18. The number of rotatable bonds is 4. The molecule has 0 radical (unpaired) electrons. The van der Waals surface area contributed by atoms with Gasteiger partial charge in [-0.15, -0.1) is 0 Å². The van der Waals surface area contributed by atoms with Crippen molar-refractivity contribution in [3.8, 4) is 5.75 Å². The molecule has 84 valence electrons. The Morgan fingerprint density at radius 3 is 2.47 bits per heavy atom. The van der Waals surface area contributed by atoms with Gasteiger partial charge in [-0.25, -0.2) is 0 Å². The topological polar surface area (TPSA) is 80.9 Å². The third kappa shape index (κ3) is 3.07. The monoisotopic (exact) mass is 232 g/mol. The first-order chi connectivity index (χ1) is 7.06. The van der Waals surface area contributed by atoms with Crippen LogP contribution in [0.4, 0.5) is 0 Å². The molecule has 0 aromatic heterocycles. The van der Waals surface area contributed by atoms with Gasteiger partial charge in [0.2, 0.25) is 0 Å². The van der Waals surface area contributed by atoms with Crippen LogP contribution in [0.5, 0.6) is 5.75 Å². The lowest BCUT2D eigenvalue weighted by atomic mass is 10.0. The number of phenolic OH excluding ortho intramolecular Hbond substituents is 1. The lowest BCUT2D eigenvalue weighted by Gasteiger charge is -2.17. The van der Waals surface area contributed by atoms with E-state index in [2.05, 4.69) is 0 Å². The molecule has 0 aliphatic heterocycles. The summed E-state index contributed by atoms with van der Waals surface area (Å²) in [6, 6.07) is 4.22. The highest BCUT2D eigenvalue weighted by molar-refractivity contribution is 6.32. The van der Waals surface area contributed by atoms with Gasteiger partial charge in [0.15, 0.2) is 0 Å². The molecule has 5 heteroatoms. The number of aromatic hydroxyl groups is 1. The largest absolute Gasteiger partial charge is 0.506 e. The lowest BCUT2D eigenvalue weighted by Crippen LogP contribution is -2.19. The number of benzene rings is 1. The van der Waals surface area contributed by atoms with E-state index in [0.29, 0.717) is 5.56 Å². The Morgan fingerprint density at radius 1 is 1.27 bits per heavy atom.